The van der Waals surface area contributed by atoms with Crippen molar-refractivity contribution in [2.45, 2.75) is 132 Å². The van der Waals surface area contributed by atoms with Crippen molar-refractivity contribution < 1.29 is 4.42 Å². The van der Waals surface area contributed by atoms with E-state index < -0.39 is 0 Å². The van der Waals surface area contributed by atoms with E-state index in [1.807, 2.05) is 6.08 Å². The van der Waals surface area contributed by atoms with E-state index in [1.54, 1.807) is 0 Å². The van der Waals surface area contributed by atoms with Crippen molar-refractivity contribution in [2.24, 2.45) is 22.7 Å². The number of furan rings is 1. The number of hydrogen-bond acceptors (Lipinski definition) is 3. The molecule has 0 spiro atoms. The Morgan fingerprint density at radius 2 is 1.44 bits per heavy atom. The zero-order valence-corrected chi connectivity index (χ0v) is 38.9. The second-order valence-electron chi connectivity index (χ2n) is 22.3. The molecule has 2 unspecified atom stereocenters. The van der Waals surface area contributed by atoms with Gasteiger partial charge in [-0.2, -0.15) is 0 Å². The topological polar surface area (TPSA) is 19.6 Å². The summed E-state index contributed by atoms with van der Waals surface area (Å²) in [7, 11) is 0. The summed E-state index contributed by atoms with van der Waals surface area (Å²) in [5.41, 5.74) is 15.2. The van der Waals surface area contributed by atoms with Gasteiger partial charge in [-0.3, -0.25) is 0 Å². The average molecular weight is 787 g/mol. The molecule has 310 valence electrons. The van der Waals surface area contributed by atoms with E-state index in [-0.39, 0.29) is 39.7 Å². The van der Waals surface area contributed by atoms with E-state index in [0.29, 0.717) is 5.92 Å². The lowest BCUT2D eigenvalue weighted by atomic mass is 9.35. The monoisotopic (exact) mass is 787 g/mol. The Labute approximate surface area is 358 Å². The minimum Gasteiger partial charge on any atom is -0.468 e. The number of nitrogens with zero attached hydrogens (tertiary/aromatic N) is 2. The van der Waals surface area contributed by atoms with Crippen molar-refractivity contribution in [2.75, 3.05) is 16.3 Å². The van der Waals surface area contributed by atoms with Crippen molar-refractivity contribution in [3.05, 3.63) is 138 Å². The van der Waals surface area contributed by atoms with Crippen LogP contribution >= 0.6 is 0 Å². The van der Waals surface area contributed by atoms with Crippen molar-refractivity contribution in [1.29, 1.82) is 0 Å². The van der Waals surface area contributed by atoms with Crippen LogP contribution in [0.3, 0.4) is 0 Å². The van der Waals surface area contributed by atoms with Crippen LogP contribution in [0.2, 0.25) is 0 Å². The summed E-state index contributed by atoms with van der Waals surface area (Å²) in [4.78, 5) is 5.04. The van der Waals surface area contributed by atoms with Gasteiger partial charge in [-0.05, 0) is 135 Å². The molecule has 4 aromatic rings. The van der Waals surface area contributed by atoms with Crippen LogP contribution in [0.5, 0.6) is 0 Å². The van der Waals surface area contributed by atoms with Crippen LogP contribution in [0.4, 0.5) is 17.1 Å². The van der Waals surface area contributed by atoms with Crippen molar-refractivity contribution in [1.82, 2.24) is 0 Å². The fourth-order valence-electron chi connectivity index (χ4n) is 10.4. The highest BCUT2D eigenvalue weighted by Crippen LogP contribution is 2.50. The molecule has 1 aromatic heterocycles. The summed E-state index contributed by atoms with van der Waals surface area (Å²) in [6.07, 6.45) is 16.8. The average Bonchev–Trinajstić information content (AvgIpc) is 3.52. The van der Waals surface area contributed by atoms with E-state index in [9.17, 15) is 0 Å². The van der Waals surface area contributed by atoms with Gasteiger partial charge in [0.25, 0.3) is 6.71 Å². The van der Waals surface area contributed by atoms with Gasteiger partial charge in [0.05, 0.1) is 11.3 Å². The molecule has 3 aliphatic rings. The van der Waals surface area contributed by atoms with Crippen molar-refractivity contribution in [3.8, 4) is 0 Å². The zero-order valence-electron chi connectivity index (χ0n) is 38.9. The lowest BCUT2D eigenvalue weighted by molar-refractivity contribution is 0.143. The molecule has 0 bridgehead atoms. The Hall–Kier alpha value is -4.44. The van der Waals surface area contributed by atoms with Crippen LogP contribution < -0.4 is 20.9 Å². The Bertz CT molecular complexity index is 2360. The predicted octanol–water partition coefficient (Wildman–Crippen LogP) is 13.8. The molecule has 59 heavy (non-hydrogen) atoms. The number of allylic oxidation sites excluding steroid dienone is 5. The highest BCUT2D eigenvalue weighted by Gasteiger charge is 2.46. The molecule has 0 radical (unpaired) electrons. The summed E-state index contributed by atoms with van der Waals surface area (Å²) in [5, 5.41) is 1.22. The molecule has 2 aliphatic heterocycles. The maximum Gasteiger partial charge on any atom is 0.292 e. The van der Waals surface area contributed by atoms with Gasteiger partial charge < -0.3 is 14.2 Å². The van der Waals surface area contributed by atoms with E-state index in [0.717, 1.165) is 36.3 Å². The van der Waals surface area contributed by atoms with E-state index >= 15 is 0 Å². The largest absolute Gasteiger partial charge is 0.468 e. The smallest absolute Gasteiger partial charge is 0.292 e. The predicted molar refractivity (Wildman–Crippen MR) is 259 cm³/mol. The highest BCUT2D eigenvalue weighted by molar-refractivity contribution is 6.93. The second kappa shape index (κ2) is 14.9. The maximum atomic E-state index is 7.39. The minimum absolute atomic E-state index is 0.0231. The van der Waals surface area contributed by atoms with Crippen molar-refractivity contribution >= 4 is 45.9 Å². The van der Waals surface area contributed by atoms with Gasteiger partial charge in [0.2, 0.25) is 0 Å². The molecule has 3 heterocycles. The van der Waals surface area contributed by atoms with E-state index in [4.69, 9.17) is 4.42 Å². The van der Waals surface area contributed by atoms with Crippen LogP contribution in [-0.2, 0) is 22.7 Å². The fourth-order valence-corrected chi connectivity index (χ4v) is 10.4. The van der Waals surface area contributed by atoms with Gasteiger partial charge in [-0.25, -0.2) is 0 Å². The van der Waals surface area contributed by atoms with Crippen LogP contribution in [0, 0.1) is 22.7 Å². The van der Waals surface area contributed by atoms with Gasteiger partial charge in [0, 0.05) is 35.2 Å². The van der Waals surface area contributed by atoms with E-state index in [2.05, 4.69) is 205 Å². The van der Waals surface area contributed by atoms with Gasteiger partial charge in [-0.15, -0.1) is 13.2 Å². The lowest BCUT2D eigenvalue weighted by Crippen LogP contribution is -2.56. The quantitative estimate of drug-likeness (QED) is 0.131. The second-order valence-corrected chi connectivity index (χ2v) is 22.3. The summed E-state index contributed by atoms with van der Waals surface area (Å²) < 4.78 is 7.39. The number of rotatable bonds is 8. The molecule has 0 saturated heterocycles. The number of benzene rings is 3. The third kappa shape index (κ3) is 7.64. The summed E-state index contributed by atoms with van der Waals surface area (Å²) in [5.74, 6) is 0.562. The summed E-state index contributed by atoms with van der Waals surface area (Å²) in [6, 6.07) is 21.2. The fraction of sp³-hybridized carbons (Fsp3) is 0.455. The molecule has 2 atom stereocenters. The third-order valence-corrected chi connectivity index (χ3v) is 13.9. The Morgan fingerprint density at radius 1 is 0.814 bits per heavy atom. The number of hydrogen-bond donors (Lipinski definition) is 0. The van der Waals surface area contributed by atoms with Gasteiger partial charge in [-0.1, -0.05) is 139 Å². The molecule has 0 fully saturated rings. The Morgan fingerprint density at radius 3 is 2.00 bits per heavy atom. The molecule has 0 amide bonds. The summed E-state index contributed by atoms with van der Waals surface area (Å²) in [6.45, 7) is 42.0. The van der Waals surface area contributed by atoms with Crippen LogP contribution in [-0.4, -0.2) is 13.3 Å². The Kier molecular flexibility index (Phi) is 10.8. The molecule has 3 aromatic carbocycles. The zero-order chi connectivity index (χ0) is 43.0. The molecule has 0 saturated carbocycles. The minimum atomic E-state index is -0.0434. The van der Waals surface area contributed by atoms with E-state index in [1.165, 1.54) is 62.1 Å². The molecule has 7 rings (SSSR count). The molecule has 4 heteroatoms. The highest BCUT2D eigenvalue weighted by atomic mass is 16.3. The molecule has 1 aliphatic carbocycles. The first-order chi connectivity index (χ1) is 27.5. The first-order valence-corrected chi connectivity index (χ1v) is 22.2. The maximum absolute atomic E-state index is 7.39. The van der Waals surface area contributed by atoms with Crippen LogP contribution in [0.25, 0.3) is 11.0 Å². The van der Waals surface area contributed by atoms with Crippen LogP contribution in [0.1, 0.15) is 132 Å². The first kappa shape index (κ1) is 42.7. The van der Waals surface area contributed by atoms with Crippen molar-refractivity contribution in [3.63, 3.8) is 0 Å². The van der Waals surface area contributed by atoms with Crippen LogP contribution in [0.15, 0.2) is 120 Å². The first-order valence-electron chi connectivity index (χ1n) is 22.2. The van der Waals surface area contributed by atoms with Gasteiger partial charge >= 0.3 is 0 Å². The Balaban J connectivity index is 1.54. The molecular formula is C55H71BN2O. The molecule has 3 nitrogen and oxygen atoms in total. The number of anilines is 3. The standard InChI is InChI=1S/C55H71BN2O/c1-17-20-36-22-27-44-47(32-36)58(38-25-23-37(24-26-38)51(4,5)6)46(21-18-2)45-35-57(31-28-41(53(10,11)12)40(19-3)52(7,8)9)49-39-33-42-43(34-48(39)59-50(49)56(44)45)55(15,16)30-29-54(42,13)14/h17-19,21-28,31-34,40-41H,1,3,20,29-30,35H2,2,4-16H3/b21-18-,31-28+. The number of fused-ring (bicyclic) bond motifs is 8. The third-order valence-electron chi connectivity index (χ3n) is 13.9. The molecular weight excluding hydrogens is 715 g/mol. The van der Waals surface area contributed by atoms with Gasteiger partial charge in [0.15, 0.2) is 0 Å². The summed E-state index contributed by atoms with van der Waals surface area (Å²) >= 11 is 0. The molecule has 0 N–H and O–H groups in total. The lowest BCUT2D eigenvalue weighted by Gasteiger charge is -2.43. The van der Waals surface area contributed by atoms with Gasteiger partial charge in [0.1, 0.15) is 5.58 Å². The normalized spacial score (nSPS) is 18.8. The SMILES string of the molecule is C=CCc1ccc2c(c1)N(c1ccc(C(C)(C)C)cc1)C(/C=C\C)=C1CN(/C=C/C(C(C=C)C(C)(C)C)C(C)(C)C)c3c(oc4cc5c(cc34)C(C)(C)CCC5(C)C)B12.